The molecule has 1 aromatic heterocycles. The normalized spacial score (nSPS) is 11.0. The van der Waals surface area contributed by atoms with Gasteiger partial charge < -0.3 is 10.2 Å². The summed E-state index contributed by atoms with van der Waals surface area (Å²) in [5, 5.41) is 2.33. The lowest BCUT2D eigenvalue weighted by molar-refractivity contribution is 0.411. The van der Waals surface area contributed by atoms with Crippen molar-refractivity contribution in [1.82, 2.24) is 9.88 Å². The van der Waals surface area contributed by atoms with Gasteiger partial charge in [0.2, 0.25) is 11.6 Å². The number of anilines is 2. The second kappa shape index (κ2) is 6.74. The largest absolute Gasteiger partial charge is 0.350 e. The van der Waals surface area contributed by atoms with Crippen molar-refractivity contribution in [1.29, 1.82) is 0 Å². The third-order valence-corrected chi connectivity index (χ3v) is 3.07. The van der Waals surface area contributed by atoms with Crippen LogP contribution in [0.3, 0.4) is 0 Å². The van der Waals surface area contributed by atoms with Crippen molar-refractivity contribution in [3.8, 4) is 0 Å². The Labute approximate surface area is 125 Å². The van der Waals surface area contributed by atoms with Crippen molar-refractivity contribution in [2.45, 2.75) is 6.42 Å². The van der Waals surface area contributed by atoms with Crippen molar-refractivity contribution in [2.24, 2.45) is 0 Å². The SMILES string of the molecule is CN(C)CCc1ccc(Nc2c(F)c(F)nc(F)c2F)cc1. The first kappa shape index (κ1) is 16.2. The van der Waals surface area contributed by atoms with Gasteiger partial charge in [-0.05, 0) is 38.2 Å². The molecule has 0 bridgehead atoms. The topological polar surface area (TPSA) is 28.2 Å². The standard InChI is InChI=1S/C15H15F4N3/c1-22(2)8-7-9-3-5-10(6-4-9)20-13-11(16)14(18)21-15(19)12(13)17/h3-6H,7-8H2,1-2H3,(H,20,21). The zero-order valence-electron chi connectivity index (χ0n) is 12.1. The van der Waals surface area contributed by atoms with E-state index in [4.69, 9.17) is 0 Å². The minimum absolute atomic E-state index is 0.316. The molecule has 0 radical (unpaired) electrons. The molecule has 0 fully saturated rings. The van der Waals surface area contributed by atoms with Crippen LogP contribution in [0.5, 0.6) is 0 Å². The highest BCUT2D eigenvalue weighted by Gasteiger charge is 2.20. The molecule has 0 atom stereocenters. The summed E-state index contributed by atoms with van der Waals surface area (Å²) in [5.74, 6) is -6.50. The number of benzene rings is 1. The van der Waals surface area contributed by atoms with Crippen LogP contribution in [0, 0.1) is 23.5 Å². The number of halogens is 4. The maximum absolute atomic E-state index is 13.5. The number of nitrogens with one attached hydrogen (secondary N) is 1. The number of pyridine rings is 1. The summed E-state index contributed by atoms with van der Waals surface area (Å²) < 4.78 is 53.1. The quantitative estimate of drug-likeness (QED) is 0.676. The second-order valence-electron chi connectivity index (χ2n) is 5.07. The molecule has 0 spiro atoms. The number of aromatic nitrogens is 1. The van der Waals surface area contributed by atoms with Gasteiger partial charge in [-0.25, -0.2) is 0 Å². The van der Waals surface area contributed by atoms with Crippen LogP contribution >= 0.6 is 0 Å². The Hall–Kier alpha value is -2.15. The van der Waals surface area contributed by atoms with Gasteiger partial charge in [0.15, 0.2) is 0 Å². The summed E-state index contributed by atoms with van der Waals surface area (Å²) in [6, 6.07) is 6.71. The van der Waals surface area contributed by atoms with Gasteiger partial charge >= 0.3 is 0 Å². The fourth-order valence-electron chi connectivity index (χ4n) is 1.85. The summed E-state index contributed by atoms with van der Waals surface area (Å²) in [7, 11) is 3.90. The summed E-state index contributed by atoms with van der Waals surface area (Å²) in [6.07, 6.45) is 0.814. The van der Waals surface area contributed by atoms with E-state index in [1.807, 2.05) is 19.0 Å². The second-order valence-corrected chi connectivity index (χ2v) is 5.07. The summed E-state index contributed by atoms with van der Waals surface area (Å²) >= 11 is 0. The first-order valence-electron chi connectivity index (χ1n) is 6.59. The van der Waals surface area contributed by atoms with Crippen LogP contribution in [0.1, 0.15) is 5.56 Å². The van der Waals surface area contributed by atoms with Gasteiger partial charge in [0, 0.05) is 12.2 Å². The fourth-order valence-corrected chi connectivity index (χ4v) is 1.85. The van der Waals surface area contributed by atoms with Crippen LogP contribution in [0.15, 0.2) is 24.3 Å². The maximum atomic E-state index is 13.5. The minimum atomic E-state index is -1.69. The molecule has 0 unspecified atom stereocenters. The molecule has 1 aromatic carbocycles. The molecule has 0 saturated heterocycles. The van der Waals surface area contributed by atoms with Crippen LogP contribution < -0.4 is 5.32 Å². The Kier molecular flexibility index (Phi) is 4.97. The minimum Gasteiger partial charge on any atom is -0.350 e. The van der Waals surface area contributed by atoms with E-state index in [2.05, 4.69) is 10.3 Å². The van der Waals surface area contributed by atoms with Crippen molar-refractivity contribution in [2.75, 3.05) is 26.0 Å². The van der Waals surface area contributed by atoms with E-state index in [1.54, 1.807) is 24.3 Å². The summed E-state index contributed by atoms with van der Waals surface area (Å²) in [4.78, 5) is 4.53. The van der Waals surface area contributed by atoms with Crippen molar-refractivity contribution < 1.29 is 17.6 Å². The molecular formula is C15H15F4N3. The van der Waals surface area contributed by atoms with Gasteiger partial charge in [-0.3, -0.25) is 0 Å². The molecule has 0 aliphatic rings. The highest BCUT2D eigenvalue weighted by Crippen LogP contribution is 2.26. The molecule has 1 N–H and O–H groups in total. The van der Waals surface area contributed by atoms with E-state index >= 15 is 0 Å². The van der Waals surface area contributed by atoms with Gasteiger partial charge in [0.05, 0.1) is 0 Å². The van der Waals surface area contributed by atoms with Crippen LogP contribution in [0.4, 0.5) is 28.9 Å². The van der Waals surface area contributed by atoms with E-state index < -0.39 is 29.2 Å². The number of likely N-dealkylation sites (N-methyl/N-ethyl adjacent to an activating group) is 1. The Morgan fingerprint density at radius 1 is 0.955 bits per heavy atom. The van der Waals surface area contributed by atoms with Crippen LogP contribution in [-0.4, -0.2) is 30.5 Å². The van der Waals surface area contributed by atoms with Gasteiger partial charge in [0.25, 0.3) is 11.9 Å². The number of hydrogen-bond acceptors (Lipinski definition) is 3. The zero-order chi connectivity index (χ0) is 16.3. The number of rotatable bonds is 5. The van der Waals surface area contributed by atoms with Crippen LogP contribution in [0.2, 0.25) is 0 Å². The lowest BCUT2D eigenvalue weighted by atomic mass is 10.1. The summed E-state index contributed by atoms with van der Waals surface area (Å²) in [6.45, 7) is 0.858. The first-order valence-corrected chi connectivity index (χ1v) is 6.59. The van der Waals surface area contributed by atoms with E-state index in [9.17, 15) is 17.6 Å². The number of hydrogen-bond donors (Lipinski definition) is 1. The zero-order valence-corrected chi connectivity index (χ0v) is 12.1. The van der Waals surface area contributed by atoms with E-state index in [0.29, 0.717) is 5.69 Å². The molecule has 22 heavy (non-hydrogen) atoms. The molecule has 118 valence electrons. The van der Waals surface area contributed by atoms with Crippen LogP contribution in [0.25, 0.3) is 0 Å². The summed E-state index contributed by atoms with van der Waals surface area (Å²) in [5.41, 5.74) is 0.453. The highest BCUT2D eigenvalue weighted by atomic mass is 19.2. The average molecular weight is 313 g/mol. The van der Waals surface area contributed by atoms with Gasteiger partial charge in [-0.2, -0.15) is 22.5 Å². The molecule has 3 nitrogen and oxygen atoms in total. The third kappa shape index (κ3) is 3.73. The Bertz CT molecular complexity index is 631. The predicted octanol–water partition coefficient (Wildman–Crippen LogP) is 3.49. The van der Waals surface area contributed by atoms with Gasteiger partial charge in [-0.15, -0.1) is 0 Å². The molecule has 0 aliphatic heterocycles. The first-order chi connectivity index (χ1) is 10.4. The maximum Gasteiger partial charge on any atom is 0.253 e. The van der Waals surface area contributed by atoms with E-state index in [-0.39, 0.29) is 0 Å². The highest BCUT2D eigenvalue weighted by molar-refractivity contribution is 5.60. The van der Waals surface area contributed by atoms with Crippen molar-refractivity contribution in [3.63, 3.8) is 0 Å². The lowest BCUT2D eigenvalue weighted by Gasteiger charge is -2.11. The predicted molar refractivity (Wildman–Crippen MR) is 76.1 cm³/mol. The third-order valence-electron chi connectivity index (χ3n) is 3.07. The molecule has 1 heterocycles. The van der Waals surface area contributed by atoms with Crippen molar-refractivity contribution in [3.05, 3.63) is 53.4 Å². The monoisotopic (exact) mass is 313 g/mol. The molecule has 2 rings (SSSR count). The Morgan fingerprint density at radius 2 is 1.50 bits per heavy atom. The Morgan fingerprint density at radius 3 is 2.00 bits per heavy atom. The fraction of sp³-hybridized carbons (Fsp3) is 0.267. The lowest BCUT2D eigenvalue weighted by Crippen LogP contribution is -2.14. The number of nitrogens with zero attached hydrogens (tertiary/aromatic N) is 2. The Balaban J connectivity index is 2.18. The molecular weight excluding hydrogens is 298 g/mol. The van der Waals surface area contributed by atoms with Crippen molar-refractivity contribution >= 4 is 11.4 Å². The average Bonchev–Trinajstić information content (AvgIpc) is 2.48. The van der Waals surface area contributed by atoms with E-state index in [0.717, 1.165) is 18.5 Å². The molecule has 2 aromatic rings. The molecule has 0 aliphatic carbocycles. The smallest absolute Gasteiger partial charge is 0.253 e. The van der Waals surface area contributed by atoms with Gasteiger partial charge in [0.1, 0.15) is 5.69 Å². The molecule has 7 heteroatoms. The molecule has 0 saturated carbocycles. The van der Waals surface area contributed by atoms with E-state index in [1.165, 1.54) is 0 Å². The van der Waals surface area contributed by atoms with Crippen LogP contribution in [-0.2, 0) is 6.42 Å². The molecule has 0 amide bonds. The van der Waals surface area contributed by atoms with Gasteiger partial charge in [-0.1, -0.05) is 12.1 Å².